The molecule has 7 nitrogen and oxygen atoms in total. The molecule has 2 N–H and O–H groups in total. The fourth-order valence-corrected chi connectivity index (χ4v) is 3.52. The number of hydrogen-bond acceptors (Lipinski definition) is 7. The van der Waals surface area contributed by atoms with Crippen LogP contribution in [0, 0.1) is 6.92 Å². The third-order valence-electron chi connectivity index (χ3n) is 4.21. The van der Waals surface area contributed by atoms with Gasteiger partial charge in [0.05, 0.1) is 12.3 Å². The molecule has 0 saturated carbocycles. The first-order chi connectivity index (χ1) is 14.0. The number of pyridine rings is 1. The molecule has 3 rings (SSSR count). The Morgan fingerprint density at radius 2 is 2.00 bits per heavy atom. The number of anilines is 1. The molecule has 0 unspecified atom stereocenters. The number of H-pyrrole nitrogens is 1. The standard InChI is InChI=1S/C21H27N5O2S.ClH/c1-15-4-5-16(11-23-15)10-17-12-24-21(25-20(17)27)22-8-9-29-14-19-7-6-18(28-19)13-26(2)3;/h4-7,11-12H,8-10,13-14H2,1-3H3,(H2,22,24,25,27);1H. The molecule has 30 heavy (non-hydrogen) atoms. The number of nitrogens with zero attached hydrogens (tertiary/aromatic N) is 3. The number of halogens is 1. The van der Waals surface area contributed by atoms with Crippen LogP contribution in [0.2, 0.25) is 0 Å². The summed E-state index contributed by atoms with van der Waals surface area (Å²) in [6.07, 6.45) is 4.03. The maximum absolute atomic E-state index is 12.3. The number of aromatic amines is 1. The molecule has 0 aliphatic rings. The van der Waals surface area contributed by atoms with E-state index in [4.69, 9.17) is 4.42 Å². The van der Waals surface area contributed by atoms with Gasteiger partial charge in [-0.15, -0.1) is 12.4 Å². The van der Waals surface area contributed by atoms with E-state index in [0.717, 1.165) is 40.8 Å². The summed E-state index contributed by atoms with van der Waals surface area (Å²) in [4.78, 5) is 25.8. The molecule has 0 aliphatic heterocycles. The largest absolute Gasteiger partial charge is 0.464 e. The number of furan rings is 1. The minimum Gasteiger partial charge on any atom is -0.464 e. The molecule has 0 radical (unpaired) electrons. The summed E-state index contributed by atoms with van der Waals surface area (Å²) in [6.45, 7) is 3.45. The third kappa shape index (κ3) is 7.51. The summed E-state index contributed by atoms with van der Waals surface area (Å²) >= 11 is 1.77. The molecule has 0 aliphatic carbocycles. The molecule has 162 valence electrons. The van der Waals surface area contributed by atoms with Gasteiger partial charge in [0.15, 0.2) is 0 Å². The molecule has 0 spiro atoms. The molecule has 9 heteroatoms. The fourth-order valence-electron chi connectivity index (χ4n) is 2.77. The maximum atomic E-state index is 12.3. The average molecular weight is 450 g/mol. The zero-order valence-electron chi connectivity index (χ0n) is 17.5. The lowest BCUT2D eigenvalue weighted by Crippen LogP contribution is -2.18. The summed E-state index contributed by atoms with van der Waals surface area (Å²) < 4.78 is 5.80. The molecule has 0 aromatic carbocycles. The van der Waals surface area contributed by atoms with Crippen LogP contribution in [-0.4, -0.2) is 46.2 Å². The van der Waals surface area contributed by atoms with Gasteiger partial charge in [-0.05, 0) is 44.8 Å². The van der Waals surface area contributed by atoms with Gasteiger partial charge in [-0.2, -0.15) is 16.7 Å². The van der Waals surface area contributed by atoms with Gasteiger partial charge >= 0.3 is 0 Å². The number of aromatic nitrogens is 3. The summed E-state index contributed by atoms with van der Waals surface area (Å²) in [5.41, 5.74) is 2.36. The first-order valence-corrected chi connectivity index (χ1v) is 10.7. The van der Waals surface area contributed by atoms with E-state index in [9.17, 15) is 4.79 Å². The highest BCUT2D eigenvalue weighted by Crippen LogP contribution is 2.16. The third-order valence-corrected chi connectivity index (χ3v) is 5.19. The molecule has 3 heterocycles. The van der Waals surface area contributed by atoms with E-state index in [-0.39, 0.29) is 18.0 Å². The number of aryl methyl sites for hydroxylation is 1. The van der Waals surface area contributed by atoms with Gasteiger partial charge in [0.1, 0.15) is 11.5 Å². The quantitative estimate of drug-likeness (QED) is 0.458. The van der Waals surface area contributed by atoms with Crippen molar-refractivity contribution >= 4 is 30.1 Å². The molecular formula is C21H28ClN5O2S. The maximum Gasteiger partial charge on any atom is 0.277 e. The summed E-state index contributed by atoms with van der Waals surface area (Å²) in [7, 11) is 4.04. The lowest BCUT2D eigenvalue weighted by atomic mass is 10.1. The molecule has 0 amide bonds. The Balaban J connectivity index is 0.00000320. The molecule has 0 atom stereocenters. The van der Waals surface area contributed by atoms with Crippen molar-refractivity contribution in [2.45, 2.75) is 25.6 Å². The summed E-state index contributed by atoms with van der Waals surface area (Å²) in [5.74, 6) is 4.15. The number of rotatable bonds is 10. The fraction of sp³-hybridized carbons (Fsp3) is 0.381. The van der Waals surface area contributed by atoms with Crippen LogP contribution < -0.4 is 10.9 Å². The van der Waals surface area contributed by atoms with Crippen molar-refractivity contribution in [3.63, 3.8) is 0 Å². The Kier molecular flexibility index (Phi) is 9.42. The highest BCUT2D eigenvalue weighted by atomic mass is 35.5. The lowest BCUT2D eigenvalue weighted by molar-refractivity contribution is 0.344. The Hall–Kier alpha value is -2.29. The van der Waals surface area contributed by atoms with Crippen LogP contribution in [0.5, 0.6) is 0 Å². The Morgan fingerprint density at radius 1 is 1.20 bits per heavy atom. The monoisotopic (exact) mass is 449 g/mol. The highest BCUT2D eigenvalue weighted by molar-refractivity contribution is 7.98. The predicted octanol–water partition coefficient (Wildman–Crippen LogP) is 3.49. The second kappa shape index (κ2) is 11.8. The number of hydrogen-bond donors (Lipinski definition) is 2. The van der Waals surface area contributed by atoms with E-state index in [1.807, 2.05) is 45.3 Å². The van der Waals surface area contributed by atoms with Crippen LogP contribution in [0.3, 0.4) is 0 Å². The van der Waals surface area contributed by atoms with Gasteiger partial charge < -0.3 is 19.6 Å². The Bertz CT molecular complexity index is 972. The van der Waals surface area contributed by atoms with E-state index in [1.54, 1.807) is 24.2 Å². The summed E-state index contributed by atoms with van der Waals surface area (Å²) in [6, 6.07) is 7.97. The Labute approximate surface area is 187 Å². The zero-order valence-corrected chi connectivity index (χ0v) is 19.1. The molecule has 3 aromatic heterocycles. The smallest absolute Gasteiger partial charge is 0.277 e. The van der Waals surface area contributed by atoms with Gasteiger partial charge in [0.2, 0.25) is 5.95 Å². The molecule has 0 bridgehead atoms. The van der Waals surface area contributed by atoms with Gasteiger partial charge in [0.25, 0.3) is 5.56 Å². The van der Waals surface area contributed by atoms with Crippen molar-refractivity contribution in [1.82, 2.24) is 19.9 Å². The van der Waals surface area contributed by atoms with Gasteiger partial charge in [0, 0.05) is 42.4 Å². The van der Waals surface area contributed by atoms with Crippen molar-refractivity contribution in [2.24, 2.45) is 0 Å². The average Bonchev–Trinajstić information content (AvgIpc) is 3.12. The molecular weight excluding hydrogens is 422 g/mol. The second-order valence-corrected chi connectivity index (χ2v) is 8.25. The van der Waals surface area contributed by atoms with Crippen LogP contribution in [-0.2, 0) is 18.7 Å². The number of thioether (sulfide) groups is 1. The molecule has 3 aromatic rings. The minimum atomic E-state index is -0.219. The van der Waals surface area contributed by atoms with Crippen LogP contribution >= 0.6 is 24.2 Å². The topological polar surface area (TPSA) is 87.0 Å². The van der Waals surface area contributed by atoms with Gasteiger partial charge in [-0.3, -0.25) is 9.78 Å². The van der Waals surface area contributed by atoms with Crippen molar-refractivity contribution in [3.05, 3.63) is 75.4 Å². The van der Waals surface area contributed by atoms with E-state index < -0.39 is 0 Å². The SMILES string of the molecule is Cc1ccc(Cc2c[nH]c(NCCSCc3ccc(CN(C)C)o3)nc2=O)cn1.Cl. The normalized spacial score (nSPS) is 10.8. The van der Waals surface area contributed by atoms with E-state index in [1.165, 1.54) is 0 Å². The van der Waals surface area contributed by atoms with E-state index >= 15 is 0 Å². The second-order valence-electron chi connectivity index (χ2n) is 7.15. The van der Waals surface area contributed by atoms with Crippen molar-refractivity contribution < 1.29 is 4.42 Å². The van der Waals surface area contributed by atoms with Crippen LogP contribution in [0.25, 0.3) is 0 Å². The molecule has 0 saturated heterocycles. The van der Waals surface area contributed by atoms with E-state index in [2.05, 4.69) is 25.2 Å². The van der Waals surface area contributed by atoms with Crippen LogP contribution in [0.4, 0.5) is 5.95 Å². The molecule has 0 fully saturated rings. The zero-order chi connectivity index (χ0) is 20.6. The van der Waals surface area contributed by atoms with Crippen molar-refractivity contribution in [1.29, 1.82) is 0 Å². The number of nitrogens with one attached hydrogen (secondary N) is 2. The van der Waals surface area contributed by atoms with Crippen LogP contribution in [0.1, 0.15) is 28.3 Å². The van der Waals surface area contributed by atoms with Crippen molar-refractivity contribution in [2.75, 3.05) is 31.7 Å². The van der Waals surface area contributed by atoms with Gasteiger partial charge in [-0.25, -0.2) is 0 Å². The predicted molar refractivity (Wildman–Crippen MR) is 125 cm³/mol. The minimum absolute atomic E-state index is 0. The summed E-state index contributed by atoms with van der Waals surface area (Å²) in [5, 5.41) is 3.16. The first kappa shape index (κ1) is 24.0. The Morgan fingerprint density at radius 3 is 2.70 bits per heavy atom. The van der Waals surface area contributed by atoms with Crippen LogP contribution in [0.15, 0.2) is 45.9 Å². The van der Waals surface area contributed by atoms with Gasteiger partial charge in [-0.1, -0.05) is 6.07 Å². The first-order valence-electron chi connectivity index (χ1n) is 9.53. The lowest BCUT2D eigenvalue weighted by Gasteiger charge is -2.07. The van der Waals surface area contributed by atoms with E-state index in [0.29, 0.717) is 24.5 Å². The van der Waals surface area contributed by atoms with Crippen molar-refractivity contribution in [3.8, 4) is 0 Å². The highest BCUT2D eigenvalue weighted by Gasteiger charge is 2.06.